The van der Waals surface area contributed by atoms with Gasteiger partial charge in [0.05, 0.1) is 12.7 Å². The van der Waals surface area contributed by atoms with Crippen LogP contribution in [-0.2, 0) is 5.60 Å². The van der Waals surface area contributed by atoms with E-state index in [0.717, 1.165) is 41.0 Å². The van der Waals surface area contributed by atoms with Gasteiger partial charge in [-0.25, -0.2) is 0 Å². The maximum atomic E-state index is 11.1. The van der Waals surface area contributed by atoms with Gasteiger partial charge in [-0.3, -0.25) is 4.98 Å². The monoisotopic (exact) mass is 368 g/mol. The lowest BCUT2D eigenvalue weighted by atomic mass is 9.84. The molecular formula is C21H21ClN2O2. The second-order valence-corrected chi connectivity index (χ2v) is 7.09. The van der Waals surface area contributed by atoms with Gasteiger partial charge in [0.1, 0.15) is 11.3 Å². The minimum Gasteiger partial charge on any atom is -0.494 e. The highest BCUT2D eigenvalue weighted by atomic mass is 35.5. The molecule has 3 aromatic rings. The van der Waals surface area contributed by atoms with E-state index in [0.29, 0.717) is 17.9 Å². The maximum absolute atomic E-state index is 11.1. The zero-order chi connectivity index (χ0) is 18.1. The number of ether oxygens (including phenoxy) is 1. The van der Waals surface area contributed by atoms with E-state index in [-0.39, 0.29) is 0 Å². The van der Waals surface area contributed by atoms with Crippen LogP contribution in [0.1, 0.15) is 18.4 Å². The summed E-state index contributed by atoms with van der Waals surface area (Å²) in [6, 6.07) is 15.6. The molecule has 2 heterocycles. The second-order valence-electron chi connectivity index (χ2n) is 6.68. The number of pyridine rings is 1. The quantitative estimate of drug-likeness (QED) is 0.745. The molecule has 1 aromatic heterocycles. The Morgan fingerprint density at radius 3 is 2.58 bits per heavy atom. The molecule has 134 valence electrons. The molecule has 1 aliphatic rings. The van der Waals surface area contributed by atoms with E-state index in [4.69, 9.17) is 16.3 Å². The van der Waals surface area contributed by atoms with Gasteiger partial charge in [0.2, 0.25) is 0 Å². The van der Waals surface area contributed by atoms with E-state index in [1.165, 1.54) is 0 Å². The van der Waals surface area contributed by atoms with Crippen molar-refractivity contribution in [1.29, 1.82) is 0 Å². The SMILES string of the molecule is COc1cccc2c(N3CCC(O)(c4ccccc4Cl)CC3)ccnc12. The minimum absolute atomic E-state index is 0.627. The van der Waals surface area contributed by atoms with Crippen molar-refractivity contribution in [2.45, 2.75) is 18.4 Å². The molecule has 4 nitrogen and oxygen atoms in total. The summed E-state index contributed by atoms with van der Waals surface area (Å²) in [4.78, 5) is 6.78. The molecule has 1 saturated heterocycles. The molecule has 0 saturated carbocycles. The fourth-order valence-electron chi connectivity index (χ4n) is 3.80. The lowest BCUT2D eigenvalue weighted by Gasteiger charge is -2.40. The number of hydrogen-bond donors (Lipinski definition) is 1. The van der Waals surface area contributed by atoms with Crippen LogP contribution in [0.4, 0.5) is 5.69 Å². The molecule has 0 spiro atoms. The van der Waals surface area contributed by atoms with Crippen LogP contribution in [0.25, 0.3) is 10.9 Å². The molecule has 1 fully saturated rings. The first-order valence-corrected chi connectivity index (χ1v) is 9.14. The van der Waals surface area contributed by atoms with Gasteiger partial charge in [0.15, 0.2) is 0 Å². The van der Waals surface area contributed by atoms with E-state index in [1.54, 1.807) is 7.11 Å². The summed E-state index contributed by atoms with van der Waals surface area (Å²) >= 11 is 6.32. The number of rotatable bonds is 3. The molecule has 1 N–H and O–H groups in total. The number of piperidine rings is 1. The van der Waals surface area contributed by atoms with Crippen LogP contribution in [0.2, 0.25) is 5.02 Å². The van der Waals surface area contributed by atoms with Crippen LogP contribution >= 0.6 is 11.6 Å². The molecule has 1 aliphatic heterocycles. The van der Waals surface area contributed by atoms with Gasteiger partial charge >= 0.3 is 0 Å². The largest absolute Gasteiger partial charge is 0.494 e. The van der Waals surface area contributed by atoms with Crippen molar-refractivity contribution in [3.8, 4) is 5.75 Å². The Bertz CT molecular complexity index is 936. The summed E-state index contributed by atoms with van der Waals surface area (Å²) in [5.74, 6) is 0.772. The number of methoxy groups -OCH3 is 1. The number of halogens is 1. The zero-order valence-electron chi connectivity index (χ0n) is 14.7. The van der Waals surface area contributed by atoms with Gasteiger partial charge in [-0.15, -0.1) is 0 Å². The highest BCUT2D eigenvalue weighted by Gasteiger charge is 2.35. The standard InChI is InChI=1S/C21H21ClN2O2/c1-26-19-8-4-5-15-18(9-12-23-20(15)19)24-13-10-21(25,11-14-24)16-6-2-3-7-17(16)22/h2-9,12,25H,10-11,13-14H2,1H3. The van der Waals surface area contributed by atoms with Gasteiger partial charge in [0.25, 0.3) is 0 Å². The Balaban J connectivity index is 1.63. The molecule has 0 radical (unpaired) electrons. The molecule has 4 rings (SSSR count). The van der Waals surface area contributed by atoms with E-state index < -0.39 is 5.60 Å². The van der Waals surface area contributed by atoms with Gasteiger partial charge in [-0.2, -0.15) is 0 Å². The van der Waals surface area contributed by atoms with Crippen LogP contribution in [0, 0.1) is 0 Å². The van der Waals surface area contributed by atoms with E-state index in [1.807, 2.05) is 48.7 Å². The molecule has 2 aromatic carbocycles. The number of fused-ring (bicyclic) bond motifs is 1. The highest BCUT2D eigenvalue weighted by Crippen LogP contribution is 2.39. The molecule has 26 heavy (non-hydrogen) atoms. The van der Waals surface area contributed by atoms with Gasteiger partial charge in [-0.1, -0.05) is 41.9 Å². The summed E-state index contributed by atoms with van der Waals surface area (Å²) in [7, 11) is 1.66. The number of hydrogen-bond acceptors (Lipinski definition) is 4. The number of para-hydroxylation sites is 1. The molecular weight excluding hydrogens is 348 g/mol. The lowest BCUT2D eigenvalue weighted by molar-refractivity contribution is 0.0119. The summed E-state index contributed by atoms with van der Waals surface area (Å²) in [5, 5.41) is 12.8. The number of benzene rings is 2. The first-order valence-electron chi connectivity index (χ1n) is 8.76. The van der Waals surface area contributed by atoms with E-state index in [9.17, 15) is 5.11 Å². The van der Waals surface area contributed by atoms with E-state index in [2.05, 4.69) is 16.0 Å². The normalized spacial score (nSPS) is 16.7. The highest BCUT2D eigenvalue weighted by molar-refractivity contribution is 6.31. The smallest absolute Gasteiger partial charge is 0.145 e. The van der Waals surface area contributed by atoms with Crippen molar-refractivity contribution in [3.05, 3.63) is 65.3 Å². The predicted molar refractivity (Wildman–Crippen MR) is 105 cm³/mol. The van der Waals surface area contributed by atoms with E-state index >= 15 is 0 Å². The fourth-order valence-corrected chi connectivity index (χ4v) is 4.11. The number of aromatic nitrogens is 1. The predicted octanol–water partition coefficient (Wildman–Crippen LogP) is 4.38. The van der Waals surface area contributed by atoms with Crippen molar-refractivity contribution in [2.24, 2.45) is 0 Å². The Labute approximate surface area is 158 Å². The van der Waals surface area contributed by atoms with Crippen molar-refractivity contribution in [1.82, 2.24) is 4.98 Å². The van der Waals surface area contributed by atoms with Gasteiger partial charge < -0.3 is 14.7 Å². The summed E-state index contributed by atoms with van der Waals surface area (Å²) in [6.45, 7) is 1.50. The Kier molecular flexibility index (Phi) is 4.47. The summed E-state index contributed by atoms with van der Waals surface area (Å²) in [5.41, 5.74) is 1.92. The maximum Gasteiger partial charge on any atom is 0.145 e. The van der Waals surface area contributed by atoms with Crippen LogP contribution in [-0.4, -0.2) is 30.3 Å². The van der Waals surface area contributed by atoms with Crippen LogP contribution in [0.15, 0.2) is 54.7 Å². The number of nitrogens with zero attached hydrogens (tertiary/aromatic N) is 2. The average Bonchev–Trinajstić information content (AvgIpc) is 2.68. The third-order valence-corrected chi connectivity index (χ3v) is 5.57. The average molecular weight is 369 g/mol. The summed E-state index contributed by atoms with van der Waals surface area (Å²) in [6.07, 6.45) is 3.07. The molecule has 0 atom stereocenters. The zero-order valence-corrected chi connectivity index (χ0v) is 15.4. The van der Waals surface area contributed by atoms with Gasteiger partial charge in [0, 0.05) is 40.9 Å². The lowest BCUT2D eigenvalue weighted by Crippen LogP contribution is -2.42. The first kappa shape index (κ1) is 17.1. The third kappa shape index (κ3) is 2.89. The molecule has 5 heteroatoms. The topological polar surface area (TPSA) is 45.6 Å². The second kappa shape index (κ2) is 6.78. The third-order valence-electron chi connectivity index (χ3n) is 5.24. The van der Waals surface area contributed by atoms with Crippen LogP contribution < -0.4 is 9.64 Å². The van der Waals surface area contributed by atoms with Crippen LogP contribution in [0.5, 0.6) is 5.75 Å². The molecule has 0 unspecified atom stereocenters. The van der Waals surface area contributed by atoms with Crippen molar-refractivity contribution < 1.29 is 9.84 Å². The Morgan fingerprint density at radius 1 is 1.08 bits per heavy atom. The van der Waals surface area contributed by atoms with Crippen LogP contribution in [0.3, 0.4) is 0 Å². The molecule has 0 amide bonds. The summed E-state index contributed by atoms with van der Waals surface area (Å²) < 4.78 is 5.44. The Hall–Kier alpha value is -2.30. The van der Waals surface area contributed by atoms with Crippen molar-refractivity contribution in [3.63, 3.8) is 0 Å². The van der Waals surface area contributed by atoms with Crippen molar-refractivity contribution >= 4 is 28.2 Å². The minimum atomic E-state index is -0.880. The Morgan fingerprint density at radius 2 is 1.85 bits per heavy atom. The number of anilines is 1. The molecule has 0 bridgehead atoms. The first-order chi connectivity index (χ1) is 12.6. The van der Waals surface area contributed by atoms with Crippen molar-refractivity contribution in [2.75, 3.05) is 25.1 Å². The molecule has 0 aliphatic carbocycles. The van der Waals surface area contributed by atoms with Gasteiger partial charge in [-0.05, 0) is 31.0 Å². The fraction of sp³-hybridized carbons (Fsp3) is 0.286. The number of aliphatic hydroxyl groups is 1.